The topological polar surface area (TPSA) is 55.6 Å². The van der Waals surface area contributed by atoms with Gasteiger partial charge in [-0.2, -0.15) is 0 Å². The van der Waals surface area contributed by atoms with E-state index in [1.165, 1.54) is 0 Å². The Kier molecular flexibility index (Phi) is 3.10. The first-order valence-electron chi connectivity index (χ1n) is 6.53. The van der Waals surface area contributed by atoms with E-state index in [1.54, 1.807) is 0 Å². The maximum Gasteiger partial charge on any atom is 0.410 e. The summed E-state index contributed by atoms with van der Waals surface area (Å²) in [5.74, 6) is 0. The molecule has 2 fully saturated rings. The second-order valence-corrected chi connectivity index (χ2v) is 6.67. The lowest BCUT2D eigenvalue weighted by Crippen LogP contribution is -2.60. The fourth-order valence-electron chi connectivity index (χ4n) is 2.79. The Morgan fingerprint density at radius 3 is 2.29 bits per heavy atom. The lowest BCUT2D eigenvalue weighted by atomic mass is 9.68. The van der Waals surface area contributed by atoms with Gasteiger partial charge in [0.2, 0.25) is 0 Å². The zero-order chi connectivity index (χ0) is 12.7. The first kappa shape index (κ1) is 12.7. The maximum atomic E-state index is 11.8. The Morgan fingerprint density at radius 2 is 1.82 bits per heavy atom. The highest BCUT2D eigenvalue weighted by Crippen LogP contribution is 2.43. The number of likely N-dealkylation sites (tertiary alicyclic amines) is 1. The normalized spacial score (nSPS) is 24.6. The molecule has 0 atom stereocenters. The highest BCUT2D eigenvalue weighted by atomic mass is 16.6. The molecule has 1 aliphatic heterocycles. The molecule has 2 N–H and O–H groups in total. The minimum absolute atomic E-state index is 0.169. The van der Waals surface area contributed by atoms with E-state index in [4.69, 9.17) is 10.5 Å². The number of rotatable bonds is 0. The van der Waals surface area contributed by atoms with Gasteiger partial charge in [0.25, 0.3) is 0 Å². The Morgan fingerprint density at radius 1 is 1.29 bits per heavy atom. The predicted octanol–water partition coefficient (Wildman–Crippen LogP) is 2.12. The van der Waals surface area contributed by atoms with E-state index in [0.717, 1.165) is 38.8 Å². The molecular weight excluding hydrogens is 216 g/mol. The molecule has 1 spiro atoms. The first-order chi connectivity index (χ1) is 7.80. The van der Waals surface area contributed by atoms with Gasteiger partial charge in [-0.05, 0) is 46.5 Å². The van der Waals surface area contributed by atoms with Crippen molar-refractivity contribution in [2.45, 2.75) is 58.1 Å². The van der Waals surface area contributed by atoms with Gasteiger partial charge in [-0.1, -0.05) is 0 Å². The summed E-state index contributed by atoms with van der Waals surface area (Å²) in [5.41, 5.74) is 5.87. The molecule has 0 aromatic carbocycles. The first-order valence-corrected chi connectivity index (χ1v) is 6.53. The van der Waals surface area contributed by atoms with Crippen molar-refractivity contribution in [2.24, 2.45) is 11.1 Å². The third-order valence-corrected chi connectivity index (χ3v) is 3.80. The van der Waals surface area contributed by atoms with Gasteiger partial charge < -0.3 is 15.4 Å². The molecular formula is C13H24N2O2. The monoisotopic (exact) mass is 240 g/mol. The quantitative estimate of drug-likeness (QED) is 0.705. The van der Waals surface area contributed by atoms with Crippen molar-refractivity contribution in [2.75, 3.05) is 13.1 Å². The number of carbonyl (C=O) groups excluding carboxylic acids is 1. The minimum Gasteiger partial charge on any atom is -0.444 e. The van der Waals surface area contributed by atoms with Gasteiger partial charge in [0.1, 0.15) is 5.60 Å². The summed E-state index contributed by atoms with van der Waals surface area (Å²) in [5, 5.41) is 0. The summed E-state index contributed by atoms with van der Waals surface area (Å²) in [4.78, 5) is 13.6. The van der Waals surface area contributed by atoms with Crippen LogP contribution in [-0.4, -0.2) is 35.7 Å². The number of ether oxygens (including phenoxy) is 1. The van der Waals surface area contributed by atoms with Crippen LogP contribution in [0.15, 0.2) is 0 Å². The highest BCUT2D eigenvalue weighted by molar-refractivity contribution is 5.69. The molecule has 0 aromatic rings. The van der Waals surface area contributed by atoms with Gasteiger partial charge in [-0.15, -0.1) is 0 Å². The van der Waals surface area contributed by atoms with E-state index in [-0.39, 0.29) is 6.09 Å². The second kappa shape index (κ2) is 4.16. The molecule has 1 saturated carbocycles. The van der Waals surface area contributed by atoms with Crippen LogP contribution in [0.3, 0.4) is 0 Å². The molecule has 0 bridgehead atoms. The molecule has 0 unspecified atom stereocenters. The van der Waals surface area contributed by atoms with Crippen LogP contribution >= 0.6 is 0 Å². The van der Waals surface area contributed by atoms with Gasteiger partial charge in [0.05, 0.1) is 0 Å². The summed E-state index contributed by atoms with van der Waals surface area (Å²) in [6.45, 7) is 7.42. The summed E-state index contributed by atoms with van der Waals surface area (Å²) < 4.78 is 5.36. The van der Waals surface area contributed by atoms with Crippen LogP contribution in [0.4, 0.5) is 4.79 Å². The van der Waals surface area contributed by atoms with Crippen LogP contribution in [0.5, 0.6) is 0 Å². The van der Waals surface area contributed by atoms with E-state index in [2.05, 4.69) is 0 Å². The Hall–Kier alpha value is -0.770. The van der Waals surface area contributed by atoms with Gasteiger partial charge in [-0.25, -0.2) is 4.79 Å². The van der Waals surface area contributed by atoms with Crippen molar-refractivity contribution in [1.82, 2.24) is 4.90 Å². The summed E-state index contributed by atoms with van der Waals surface area (Å²) in [6, 6.07) is 0.371. The third-order valence-electron chi connectivity index (χ3n) is 3.80. The Bertz CT molecular complexity index is 293. The molecule has 17 heavy (non-hydrogen) atoms. The van der Waals surface area contributed by atoms with Crippen LogP contribution in [0.2, 0.25) is 0 Å². The van der Waals surface area contributed by atoms with Gasteiger partial charge in [0, 0.05) is 24.5 Å². The average molecular weight is 240 g/mol. The average Bonchev–Trinajstić information content (AvgIpc) is 2.13. The molecule has 98 valence electrons. The minimum atomic E-state index is -0.394. The molecule has 2 aliphatic rings. The zero-order valence-corrected chi connectivity index (χ0v) is 11.2. The Balaban J connectivity index is 1.80. The van der Waals surface area contributed by atoms with Crippen molar-refractivity contribution in [3.05, 3.63) is 0 Å². The van der Waals surface area contributed by atoms with Crippen LogP contribution in [0, 0.1) is 5.41 Å². The molecule has 2 rings (SSSR count). The smallest absolute Gasteiger partial charge is 0.410 e. The summed E-state index contributed by atoms with van der Waals surface area (Å²) in [6.07, 6.45) is 4.35. The molecule has 1 amide bonds. The molecule has 1 saturated heterocycles. The van der Waals surface area contributed by atoms with Crippen LogP contribution in [-0.2, 0) is 4.74 Å². The lowest BCUT2D eigenvalue weighted by molar-refractivity contribution is -0.0502. The number of hydrogen-bond donors (Lipinski definition) is 1. The van der Waals surface area contributed by atoms with Crippen molar-refractivity contribution < 1.29 is 9.53 Å². The maximum absolute atomic E-state index is 11.8. The number of amides is 1. The third kappa shape index (κ3) is 2.92. The van der Waals surface area contributed by atoms with E-state index in [9.17, 15) is 4.79 Å². The SMILES string of the molecule is CC(C)(C)OC(=O)N1CC2(CCC(N)CC2)C1. The standard InChI is InChI=1S/C13H24N2O2/c1-12(2,3)17-11(16)15-8-13(9-15)6-4-10(14)5-7-13/h10H,4-9,14H2,1-3H3. The van der Waals surface area contributed by atoms with Crippen molar-refractivity contribution in [3.8, 4) is 0 Å². The fraction of sp³-hybridized carbons (Fsp3) is 0.923. The van der Waals surface area contributed by atoms with E-state index in [1.807, 2.05) is 25.7 Å². The molecule has 4 nitrogen and oxygen atoms in total. The second-order valence-electron chi connectivity index (χ2n) is 6.67. The lowest BCUT2D eigenvalue weighted by Gasteiger charge is -2.52. The van der Waals surface area contributed by atoms with Gasteiger partial charge in [0.15, 0.2) is 0 Å². The summed E-state index contributed by atoms with van der Waals surface area (Å²) >= 11 is 0. The fourth-order valence-corrected chi connectivity index (χ4v) is 2.79. The zero-order valence-electron chi connectivity index (χ0n) is 11.2. The number of nitrogens with zero attached hydrogens (tertiary/aromatic N) is 1. The Labute approximate surface area is 103 Å². The molecule has 1 heterocycles. The van der Waals surface area contributed by atoms with Gasteiger partial charge >= 0.3 is 6.09 Å². The highest BCUT2D eigenvalue weighted by Gasteiger charge is 2.47. The van der Waals surface area contributed by atoms with Crippen molar-refractivity contribution in [1.29, 1.82) is 0 Å². The molecule has 0 aromatic heterocycles. The number of nitrogens with two attached hydrogens (primary N) is 1. The van der Waals surface area contributed by atoms with Crippen LogP contribution in [0.1, 0.15) is 46.5 Å². The molecule has 1 aliphatic carbocycles. The molecule has 4 heteroatoms. The van der Waals surface area contributed by atoms with Crippen LogP contribution in [0.25, 0.3) is 0 Å². The summed E-state index contributed by atoms with van der Waals surface area (Å²) in [7, 11) is 0. The van der Waals surface area contributed by atoms with Crippen LogP contribution < -0.4 is 5.73 Å². The van der Waals surface area contributed by atoms with E-state index in [0.29, 0.717) is 11.5 Å². The van der Waals surface area contributed by atoms with E-state index >= 15 is 0 Å². The van der Waals surface area contributed by atoms with E-state index < -0.39 is 5.60 Å². The largest absolute Gasteiger partial charge is 0.444 e. The van der Waals surface area contributed by atoms with Crippen molar-refractivity contribution >= 4 is 6.09 Å². The van der Waals surface area contributed by atoms with Crippen molar-refractivity contribution in [3.63, 3.8) is 0 Å². The predicted molar refractivity (Wildman–Crippen MR) is 66.7 cm³/mol. The number of carbonyl (C=O) groups is 1. The number of hydrogen-bond acceptors (Lipinski definition) is 3. The van der Waals surface area contributed by atoms with Gasteiger partial charge in [-0.3, -0.25) is 0 Å². The molecule has 0 radical (unpaired) electrons.